The van der Waals surface area contributed by atoms with E-state index in [4.69, 9.17) is 0 Å². The molecule has 1 rings (SSSR count). The van der Waals surface area contributed by atoms with Crippen molar-refractivity contribution in [1.82, 2.24) is 5.32 Å². The van der Waals surface area contributed by atoms with Crippen molar-refractivity contribution >= 4 is 5.91 Å². The van der Waals surface area contributed by atoms with Gasteiger partial charge >= 0.3 is 0 Å². The van der Waals surface area contributed by atoms with Crippen molar-refractivity contribution in [3.8, 4) is 0 Å². The first-order valence-electron chi connectivity index (χ1n) is 6.95. The Hall–Kier alpha value is -0.530. The molecular weight excluding hydrogens is 198 g/mol. The van der Waals surface area contributed by atoms with Crippen molar-refractivity contribution in [3.63, 3.8) is 0 Å². The number of hydrogen-bond donors (Lipinski definition) is 1. The minimum absolute atomic E-state index is 0.297. The summed E-state index contributed by atoms with van der Waals surface area (Å²) in [5, 5.41) is 3.13. The molecule has 1 aliphatic carbocycles. The zero-order valence-electron chi connectivity index (χ0n) is 11.1. The highest BCUT2D eigenvalue weighted by Crippen LogP contribution is 2.28. The van der Waals surface area contributed by atoms with Crippen LogP contribution in [0.4, 0.5) is 0 Å². The largest absolute Gasteiger partial charge is 0.356 e. The maximum absolute atomic E-state index is 11.9. The van der Waals surface area contributed by atoms with Gasteiger partial charge in [0.1, 0.15) is 0 Å². The van der Waals surface area contributed by atoms with Crippen LogP contribution in [0.3, 0.4) is 0 Å². The van der Waals surface area contributed by atoms with E-state index in [0.717, 1.165) is 25.3 Å². The van der Waals surface area contributed by atoms with Crippen LogP contribution in [-0.4, -0.2) is 12.5 Å². The summed E-state index contributed by atoms with van der Waals surface area (Å²) in [6.07, 6.45) is 6.97. The van der Waals surface area contributed by atoms with Crippen molar-refractivity contribution < 1.29 is 4.79 Å². The van der Waals surface area contributed by atoms with E-state index in [9.17, 15) is 4.79 Å². The molecule has 0 aromatic carbocycles. The van der Waals surface area contributed by atoms with Crippen LogP contribution in [0.15, 0.2) is 0 Å². The Labute approximate surface area is 100 Å². The molecule has 0 heterocycles. The summed E-state index contributed by atoms with van der Waals surface area (Å²) in [6, 6.07) is 0. The van der Waals surface area contributed by atoms with E-state index in [-0.39, 0.29) is 0 Å². The number of rotatable bonds is 5. The van der Waals surface area contributed by atoms with E-state index in [2.05, 4.69) is 26.1 Å². The first-order chi connectivity index (χ1) is 7.67. The topological polar surface area (TPSA) is 29.1 Å². The van der Waals surface area contributed by atoms with Crippen molar-refractivity contribution in [3.05, 3.63) is 0 Å². The molecule has 0 radical (unpaired) electrons. The third-order valence-corrected chi connectivity index (χ3v) is 4.11. The molecular formula is C14H27NO. The summed E-state index contributed by atoms with van der Waals surface area (Å²) in [5.74, 6) is 2.08. The van der Waals surface area contributed by atoms with Crippen molar-refractivity contribution in [2.24, 2.45) is 17.8 Å². The first-order valence-corrected chi connectivity index (χ1v) is 6.95. The minimum Gasteiger partial charge on any atom is -0.356 e. The van der Waals surface area contributed by atoms with Gasteiger partial charge in [-0.3, -0.25) is 4.79 Å². The van der Waals surface area contributed by atoms with E-state index >= 15 is 0 Å². The molecule has 1 N–H and O–H groups in total. The Morgan fingerprint density at radius 2 is 1.75 bits per heavy atom. The number of nitrogens with one attached hydrogen (secondary N) is 1. The fraction of sp³-hybridized carbons (Fsp3) is 0.929. The molecule has 0 aliphatic heterocycles. The summed E-state index contributed by atoms with van der Waals surface area (Å²) in [4.78, 5) is 11.9. The number of hydrogen-bond acceptors (Lipinski definition) is 1. The summed E-state index contributed by atoms with van der Waals surface area (Å²) in [5.41, 5.74) is 0. The summed E-state index contributed by atoms with van der Waals surface area (Å²) in [7, 11) is 0. The molecule has 1 fully saturated rings. The first kappa shape index (κ1) is 13.5. The maximum Gasteiger partial charge on any atom is 0.223 e. The molecule has 0 atom stereocenters. The van der Waals surface area contributed by atoms with Crippen molar-refractivity contribution in [1.29, 1.82) is 0 Å². The van der Waals surface area contributed by atoms with Crippen LogP contribution in [0.1, 0.15) is 59.3 Å². The Morgan fingerprint density at radius 1 is 1.19 bits per heavy atom. The molecule has 2 heteroatoms. The van der Waals surface area contributed by atoms with Gasteiger partial charge in [0.15, 0.2) is 0 Å². The lowest BCUT2D eigenvalue weighted by Gasteiger charge is -2.26. The quantitative estimate of drug-likeness (QED) is 0.763. The number of carbonyl (C=O) groups is 1. The van der Waals surface area contributed by atoms with Crippen LogP contribution < -0.4 is 5.32 Å². The lowest BCUT2D eigenvalue weighted by Crippen LogP contribution is -2.35. The summed E-state index contributed by atoms with van der Waals surface area (Å²) in [6.45, 7) is 7.56. The zero-order valence-corrected chi connectivity index (χ0v) is 11.1. The van der Waals surface area contributed by atoms with Crippen LogP contribution in [0, 0.1) is 17.8 Å². The second-order valence-electron chi connectivity index (χ2n) is 5.38. The Morgan fingerprint density at radius 3 is 2.25 bits per heavy atom. The van der Waals surface area contributed by atoms with Gasteiger partial charge in [-0.2, -0.15) is 0 Å². The third kappa shape index (κ3) is 4.15. The molecule has 0 unspecified atom stereocenters. The van der Waals surface area contributed by atoms with E-state index in [1.165, 1.54) is 25.7 Å². The summed E-state index contributed by atoms with van der Waals surface area (Å²) >= 11 is 0. The average Bonchev–Trinajstić information content (AvgIpc) is 2.31. The van der Waals surface area contributed by atoms with Gasteiger partial charge in [0.05, 0.1) is 0 Å². The smallest absolute Gasteiger partial charge is 0.223 e. The van der Waals surface area contributed by atoms with Crippen LogP contribution in [-0.2, 0) is 4.79 Å². The molecule has 1 saturated carbocycles. The molecule has 2 nitrogen and oxygen atoms in total. The fourth-order valence-corrected chi connectivity index (χ4v) is 2.49. The minimum atomic E-state index is 0.297. The Balaban J connectivity index is 2.24. The predicted octanol–water partition coefficient (Wildman–Crippen LogP) is 3.37. The number of amides is 1. The van der Waals surface area contributed by atoms with Crippen LogP contribution in [0.25, 0.3) is 0 Å². The predicted molar refractivity (Wildman–Crippen MR) is 68.2 cm³/mol. The second kappa shape index (κ2) is 6.93. The van der Waals surface area contributed by atoms with Gasteiger partial charge in [0.2, 0.25) is 5.91 Å². The van der Waals surface area contributed by atoms with Gasteiger partial charge in [-0.25, -0.2) is 0 Å². The van der Waals surface area contributed by atoms with Crippen LogP contribution >= 0.6 is 0 Å². The van der Waals surface area contributed by atoms with Crippen molar-refractivity contribution in [2.75, 3.05) is 6.54 Å². The van der Waals surface area contributed by atoms with E-state index in [1.807, 2.05) is 0 Å². The SMILES string of the molecule is CCC(CC)CNC(=O)C1CCC(C)CC1. The van der Waals surface area contributed by atoms with Gasteiger partial charge in [0, 0.05) is 12.5 Å². The Kier molecular flexibility index (Phi) is 5.86. The lowest BCUT2D eigenvalue weighted by molar-refractivity contribution is -0.126. The maximum atomic E-state index is 11.9. The molecule has 1 amide bonds. The van der Waals surface area contributed by atoms with Crippen LogP contribution in [0.2, 0.25) is 0 Å². The highest BCUT2D eigenvalue weighted by molar-refractivity contribution is 5.78. The van der Waals surface area contributed by atoms with Gasteiger partial charge in [-0.1, -0.05) is 33.6 Å². The van der Waals surface area contributed by atoms with Gasteiger partial charge in [0.25, 0.3) is 0 Å². The molecule has 0 aromatic heterocycles. The molecule has 16 heavy (non-hydrogen) atoms. The molecule has 0 bridgehead atoms. The standard InChI is InChI=1S/C14H27NO/c1-4-12(5-2)10-15-14(16)13-8-6-11(3)7-9-13/h11-13H,4-10H2,1-3H3,(H,15,16). The van der Waals surface area contributed by atoms with E-state index < -0.39 is 0 Å². The van der Waals surface area contributed by atoms with Gasteiger partial charge in [-0.15, -0.1) is 0 Å². The second-order valence-corrected chi connectivity index (χ2v) is 5.38. The molecule has 0 spiro atoms. The Bertz CT molecular complexity index is 203. The summed E-state index contributed by atoms with van der Waals surface area (Å²) < 4.78 is 0. The van der Waals surface area contributed by atoms with Crippen molar-refractivity contribution in [2.45, 2.75) is 59.3 Å². The van der Waals surface area contributed by atoms with Gasteiger partial charge < -0.3 is 5.32 Å². The molecule has 1 aliphatic rings. The molecule has 0 saturated heterocycles. The normalized spacial score (nSPS) is 25.8. The highest BCUT2D eigenvalue weighted by Gasteiger charge is 2.24. The van der Waals surface area contributed by atoms with E-state index in [0.29, 0.717) is 17.7 Å². The third-order valence-electron chi connectivity index (χ3n) is 4.11. The fourth-order valence-electron chi connectivity index (χ4n) is 2.49. The monoisotopic (exact) mass is 225 g/mol. The number of carbonyl (C=O) groups excluding carboxylic acids is 1. The van der Waals surface area contributed by atoms with E-state index in [1.54, 1.807) is 0 Å². The average molecular weight is 225 g/mol. The zero-order chi connectivity index (χ0) is 12.0. The highest BCUT2D eigenvalue weighted by atomic mass is 16.1. The molecule has 0 aromatic rings. The lowest BCUT2D eigenvalue weighted by atomic mass is 9.82. The molecule has 94 valence electrons. The van der Waals surface area contributed by atoms with Gasteiger partial charge in [-0.05, 0) is 37.5 Å². The van der Waals surface area contributed by atoms with Crippen LogP contribution in [0.5, 0.6) is 0 Å².